The van der Waals surface area contributed by atoms with Gasteiger partial charge < -0.3 is 5.11 Å². The standard InChI is InChI=1S/C9H12FNO3S/c1-15(13,14)11-6-9(12)7-4-2-3-5-8(7)10/h2-5,9,11-12H,6H2,1H3/t9-/m1/s1. The second kappa shape index (κ2) is 4.69. The van der Waals surface area contributed by atoms with Crippen molar-refractivity contribution in [2.24, 2.45) is 0 Å². The van der Waals surface area contributed by atoms with Crippen LogP contribution in [0.3, 0.4) is 0 Å². The monoisotopic (exact) mass is 233 g/mol. The molecule has 0 unspecified atom stereocenters. The topological polar surface area (TPSA) is 66.4 Å². The zero-order valence-electron chi connectivity index (χ0n) is 8.14. The molecular formula is C9H12FNO3S. The molecule has 15 heavy (non-hydrogen) atoms. The molecule has 0 aliphatic carbocycles. The van der Waals surface area contributed by atoms with Crippen LogP contribution in [-0.2, 0) is 10.0 Å². The van der Waals surface area contributed by atoms with E-state index in [-0.39, 0.29) is 12.1 Å². The van der Waals surface area contributed by atoms with E-state index in [1.54, 1.807) is 6.07 Å². The Morgan fingerprint density at radius 1 is 1.47 bits per heavy atom. The summed E-state index contributed by atoms with van der Waals surface area (Å²) in [6.07, 6.45) is -0.206. The summed E-state index contributed by atoms with van der Waals surface area (Å²) in [5.41, 5.74) is 0.0775. The Hall–Kier alpha value is -0.980. The summed E-state index contributed by atoms with van der Waals surface area (Å²) in [6, 6.07) is 5.68. The maximum atomic E-state index is 13.1. The second-order valence-electron chi connectivity index (χ2n) is 3.16. The van der Waals surface area contributed by atoms with Gasteiger partial charge in [-0.15, -0.1) is 0 Å². The van der Waals surface area contributed by atoms with Crippen molar-refractivity contribution in [3.05, 3.63) is 35.6 Å². The van der Waals surface area contributed by atoms with Crippen LogP contribution in [-0.4, -0.2) is 26.3 Å². The maximum absolute atomic E-state index is 13.1. The van der Waals surface area contributed by atoms with E-state index < -0.39 is 21.9 Å². The number of hydrogen-bond donors (Lipinski definition) is 2. The fraction of sp³-hybridized carbons (Fsp3) is 0.333. The van der Waals surface area contributed by atoms with Gasteiger partial charge in [-0.1, -0.05) is 18.2 Å². The lowest BCUT2D eigenvalue weighted by Gasteiger charge is -2.11. The Labute approximate surface area is 87.8 Å². The van der Waals surface area contributed by atoms with E-state index in [4.69, 9.17) is 0 Å². The van der Waals surface area contributed by atoms with Crippen LogP contribution in [0.25, 0.3) is 0 Å². The Morgan fingerprint density at radius 2 is 2.07 bits per heavy atom. The minimum absolute atomic E-state index is 0.0775. The highest BCUT2D eigenvalue weighted by Crippen LogP contribution is 2.15. The van der Waals surface area contributed by atoms with Gasteiger partial charge in [-0.2, -0.15) is 0 Å². The minimum atomic E-state index is -3.37. The molecule has 4 nitrogen and oxygen atoms in total. The number of hydrogen-bond acceptors (Lipinski definition) is 3. The van der Waals surface area contributed by atoms with Gasteiger partial charge in [-0.05, 0) is 6.07 Å². The average Bonchev–Trinajstić information content (AvgIpc) is 2.14. The van der Waals surface area contributed by atoms with Gasteiger partial charge in [0.25, 0.3) is 0 Å². The van der Waals surface area contributed by atoms with Crippen LogP contribution in [0, 0.1) is 5.82 Å². The smallest absolute Gasteiger partial charge is 0.208 e. The lowest BCUT2D eigenvalue weighted by Crippen LogP contribution is -2.27. The van der Waals surface area contributed by atoms with Crippen molar-refractivity contribution >= 4 is 10.0 Å². The quantitative estimate of drug-likeness (QED) is 0.791. The molecule has 0 bridgehead atoms. The van der Waals surface area contributed by atoms with E-state index in [0.29, 0.717) is 0 Å². The van der Waals surface area contributed by atoms with Gasteiger partial charge in [-0.25, -0.2) is 17.5 Å². The first-order valence-corrected chi connectivity index (χ1v) is 6.16. The molecule has 0 amide bonds. The molecule has 0 saturated heterocycles. The van der Waals surface area contributed by atoms with Crippen molar-refractivity contribution in [1.82, 2.24) is 4.72 Å². The van der Waals surface area contributed by atoms with Crippen LogP contribution < -0.4 is 4.72 Å². The van der Waals surface area contributed by atoms with E-state index in [9.17, 15) is 17.9 Å². The number of aliphatic hydroxyl groups is 1. The van der Waals surface area contributed by atoms with Crippen LogP contribution in [0.2, 0.25) is 0 Å². The van der Waals surface area contributed by atoms with E-state index >= 15 is 0 Å². The molecule has 0 saturated carbocycles. The average molecular weight is 233 g/mol. The molecule has 84 valence electrons. The summed E-state index contributed by atoms with van der Waals surface area (Å²) < 4.78 is 36.7. The largest absolute Gasteiger partial charge is 0.387 e. The lowest BCUT2D eigenvalue weighted by atomic mass is 10.1. The highest BCUT2D eigenvalue weighted by atomic mass is 32.2. The Morgan fingerprint density at radius 3 is 2.60 bits per heavy atom. The fourth-order valence-electron chi connectivity index (χ4n) is 1.09. The van der Waals surface area contributed by atoms with E-state index in [2.05, 4.69) is 4.72 Å². The predicted octanol–water partition coefficient (Wildman–Crippen LogP) is 0.408. The molecule has 0 aliphatic rings. The normalized spacial score (nSPS) is 13.8. The molecule has 0 fully saturated rings. The predicted molar refractivity (Wildman–Crippen MR) is 54.2 cm³/mol. The van der Waals surface area contributed by atoms with Crippen molar-refractivity contribution in [2.45, 2.75) is 6.10 Å². The summed E-state index contributed by atoms with van der Waals surface area (Å²) in [4.78, 5) is 0. The molecule has 0 aromatic heterocycles. The third-order valence-corrected chi connectivity index (χ3v) is 2.49. The van der Waals surface area contributed by atoms with Crippen LogP contribution in [0.5, 0.6) is 0 Å². The van der Waals surface area contributed by atoms with Crippen molar-refractivity contribution in [2.75, 3.05) is 12.8 Å². The summed E-state index contributed by atoms with van der Waals surface area (Å²) in [5, 5.41) is 9.50. The van der Waals surface area contributed by atoms with Gasteiger partial charge in [-0.3, -0.25) is 0 Å². The van der Waals surface area contributed by atoms with Gasteiger partial charge in [0.15, 0.2) is 0 Å². The maximum Gasteiger partial charge on any atom is 0.208 e. The number of nitrogens with one attached hydrogen (secondary N) is 1. The summed E-state index contributed by atoms with van der Waals surface area (Å²) in [5.74, 6) is -0.555. The third-order valence-electron chi connectivity index (χ3n) is 1.80. The first-order chi connectivity index (χ1) is 6.90. The van der Waals surface area contributed by atoms with Crippen LogP contribution in [0.15, 0.2) is 24.3 Å². The van der Waals surface area contributed by atoms with Gasteiger partial charge in [0.1, 0.15) is 5.82 Å². The number of halogens is 1. The van der Waals surface area contributed by atoms with Crippen molar-refractivity contribution < 1.29 is 17.9 Å². The minimum Gasteiger partial charge on any atom is -0.387 e. The van der Waals surface area contributed by atoms with E-state index in [1.807, 2.05) is 0 Å². The van der Waals surface area contributed by atoms with Gasteiger partial charge >= 0.3 is 0 Å². The number of sulfonamides is 1. The van der Waals surface area contributed by atoms with Gasteiger partial charge in [0.05, 0.1) is 12.4 Å². The first kappa shape index (κ1) is 12.1. The highest BCUT2D eigenvalue weighted by molar-refractivity contribution is 7.88. The third kappa shape index (κ3) is 3.94. The summed E-state index contributed by atoms with van der Waals surface area (Å²) in [6.45, 7) is -0.236. The van der Waals surface area contributed by atoms with Crippen LogP contribution in [0.4, 0.5) is 4.39 Å². The molecular weight excluding hydrogens is 221 g/mol. The van der Waals surface area contributed by atoms with E-state index in [0.717, 1.165) is 6.26 Å². The van der Waals surface area contributed by atoms with Crippen LogP contribution >= 0.6 is 0 Å². The number of benzene rings is 1. The Bertz CT molecular complexity index is 433. The number of aliphatic hydroxyl groups excluding tert-OH is 1. The van der Waals surface area contributed by atoms with E-state index in [1.165, 1.54) is 18.2 Å². The lowest BCUT2D eigenvalue weighted by molar-refractivity contribution is 0.177. The molecule has 0 aliphatic heterocycles. The molecule has 1 aromatic rings. The molecule has 1 rings (SSSR count). The molecule has 0 spiro atoms. The highest BCUT2D eigenvalue weighted by Gasteiger charge is 2.13. The summed E-state index contributed by atoms with van der Waals surface area (Å²) in [7, 11) is -3.37. The molecule has 0 radical (unpaired) electrons. The van der Waals surface area contributed by atoms with Crippen LogP contribution in [0.1, 0.15) is 11.7 Å². The zero-order valence-corrected chi connectivity index (χ0v) is 8.96. The first-order valence-electron chi connectivity index (χ1n) is 4.27. The Balaban J connectivity index is 2.70. The zero-order chi connectivity index (χ0) is 11.5. The van der Waals surface area contributed by atoms with Gasteiger partial charge in [0, 0.05) is 12.1 Å². The van der Waals surface area contributed by atoms with Gasteiger partial charge in [0.2, 0.25) is 10.0 Å². The molecule has 2 N–H and O–H groups in total. The fourth-order valence-corrected chi connectivity index (χ4v) is 1.55. The van der Waals surface area contributed by atoms with Crippen molar-refractivity contribution in [3.63, 3.8) is 0 Å². The molecule has 1 aromatic carbocycles. The number of rotatable bonds is 4. The summed E-state index contributed by atoms with van der Waals surface area (Å²) >= 11 is 0. The SMILES string of the molecule is CS(=O)(=O)NC[C@@H](O)c1ccccc1F. The molecule has 1 atom stereocenters. The van der Waals surface area contributed by atoms with Crippen molar-refractivity contribution in [1.29, 1.82) is 0 Å². The van der Waals surface area contributed by atoms with Crippen molar-refractivity contribution in [3.8, 4) is 0 Å². The Kier molecular flexibility index (Phi) is 3.78. The second-order valence-corrected chi connectivity index (χ2v) is 4.99. The molecule has 0 heterocycles. The molecule has 6 heteroatoms.